The van der Waals surface area contributed by atoms with E-state index in [0.717, 1.165) is 25.7 Å². The quantitative estimate of drug-likeness (QED) is 0.422. The number of aromatic amines is 1. The molecule has 3 rings (SSSR count). The molecule has 0 aliphatic heterocycles. The van der Waals surface area contributed by atoms with Gasteiger partial charge >= 0.3 is 5.69 Å². The van der Waals surface area contributed by atoms with Gasteiger partial charge in [0.05, 0.1) is 4.92 Å². The molecular formula is C17H23N7O3. The Balaban J connectivity index is 1.67. The van der Waals surface area contributed by atoms with E-state index in [1.807, 2.05) is 0 Å². The Morgan fingerprint density at radius 2 is 2.07 bits per heavy atom. The Morgan fingerprint density at radius 3 is 2.78 bits per heavy atom. The average Bonchev–Trinajstić information content (AvgIpc) is 2.67. The molecule has 1 fully saturated rings. The second-order valence-corrected chi connectivity index (χ2v) is 6.72. The van der Waals surface area contributed by atoms with Crippen LogP contribution >= 0.6 is 0 Å². The van der Waals surface area contributed by atoms with Crippen LogP contribution in [-0.4, -0.2) is 32.5 Å². The van der Waals surface area contributed by atoms with Crippen LogP contribution in [0, 0.1) is 16.0 Å². The normalized spacial score (nSPS) is 19.4. The van der Waals surface area contributed by atoms with E-state index in [4.69, 9.17) is 5.73 Å². The van der Waals surface area contributed by atoms with Crippen molar-refractivity contribution < 1.29 is 4.92 Å². The number of anilines is 2. The summed E-state index contributed by atoms with van der Waals surface area (Å²) in [4.78, 5) is 33.2. The molecule has 1 aliphatic rings. The van der Waals surface area contributed by atoms with Gasteiger partial charge in [0.15, 0.2) is 0 Å². The summed E-state index contributed by atoms with van der Waals surface area (Å²) >= 11 is 0. The minimum atomic E-state index is -0.509. The summed E-state index contributed by atoms with van der Waals surface area (Å²) in [5.41, 5.74) is 6.05. The number of nitrogens with zero attached hydrogens (tertiary/aromatic N) is 3. The Labute approximate surface area is 155 Å². The second-order valence-electron chi connectivity index (χ2n) is 6.72. The number of hydrogen-bond donors (Lipinski definition) is 4. The smallest absolute Gasteiger partial charge is 0.329 e. The monoisotopic (exact) mass is 373 g/mol. The van der Waals surface area contributed by atoms with Crippen molar-refractivity contribution in [1.82, 2.24) is 15.0 Å². The summed E-state index contributed by atoms with van der Waals surface area (Å²) in [6.07, 6.45) is 6.65. The first-order chi connectivity index (χ1) is 13.0. The molecule has 0 amide bonds. The van der Waals surface area contributed by atoms with Gasteiger partial charge < -0.3 is 21.4 Å². The van der Waals surface area contributed by atoms with Gasteiger partial charge in [0, 0.05) is 30.9 Å². The van der Waals surface area contributed by atoms with E-state index >= 15 is 0 Å². The molecule has 0 spiro atoms. The predicted octanol–water partition coefficient (Wildman–Crippen LogP) is 1.61. The number of hydrogen-bond acceptors (Lipinski definition) is 8. The van der Waals surface area contributed by atoms with Crippen molar-refractivity contribution in [1.29, 1.82) is 0 Å². The second kappa shape index (κ2) is 8.58. The van der Waals surface area contributed by atoms with Crippen molar-refractivity contribution in [3.8, 4) is 0 Å². The summed E-state index contributed by atoms with van der Waals surface area (Å²) < 4.78 is 0. The van der Waals surface area contributed by atoms with Gasteiger partial charge in [-0.3, -0.25) is 14.9 Å². The SMILES string of the molecule is NC1CCC(CNc2nc(NCc3ccc[nH]c3=O)ncc2[N+](=O)[O-])CC1. The first-order valence-corrected chi connectivity index (χ1v) is 8.94. The van der Waals surface area contributed by atoms with Crippen LogP contribution in [0.3, 0.4) is 0 Å². The molecule has 5 N–H and O–H groups in total. The largest absolute Gasteiger partial charge is 0.364 e. The zero-order chi connectivity index (χ0) is 19.2. The fraction of sp³-hybridized carbons (Fsp3) is 0.471. The van der Waals surface area contributed by atoms with E-state index in [0.29, 0.717) is 18.0 Å². The maximum atomic E-state index is 11.7. The number of aromatic nitrogens is 3. The molecular weight excluding hydrogens is 350 g/mol. The molecule has 2 aromatic heterocycles. The minimum Gasteiger partial charge on any atom is -0.364 e. The molecule has 10 nitrogen and oxygen atoms in total. The third kappa shape index (κ3) is 5.00. The summed E-state index contributed by atoms with van der Waals surface area (Å²) in [5.74, 6) is 0.810. The highest BCUT2D eigenvalue weighted by atomic mass is 16.6. The van der Waals surface area contributed by atoms with Gasteiger partial charge in [-0.25, -0.2) is 4.98 Å². The van der Waals surface area contributed by atoms with Crippen LogP contribution in [0.4, 0.5) is 17.5 Å². The fourth-order valence-corrected chi connectivity index (χ4v) is 3.13. The van der Waals surface area contributed by atoms with Crippen molar-refractivity contribution in [2.75, 3.05) is 17.2 Å². The van der Waals surface area contributed by atoms with E-state index in [2.05, 4.69) is 25.6 Å². The molecule has 0 radical (unpaired) electrons. The highest BCUT2D eigenvalue weighted by molar-refractivity contribution is 5.57. The van der Waals surface area contributed by atoms with Gasteiger partial charge in [-0.2, -0.15) is 4.98 Å². The molecule has 0 unspecified atom stereocenters. The van der Waals surface area contributed by atoms with Crippen LogP contribution in [0.2, 0.25) is 0 Å². The summed E-state index contributed by atoms with van der Waals surface area (Å²) in [7, 11) is 0. The molecule has 27 heavy (non-hydrogen) atoms. The Morgan fingerprint density at radius 1 is 1.30 bits per heavy atom. The Kier molecular flexibility index (Phi) is 5.97. The third-order valence-electron chi connectivity index (χ3n) is 4.75. The molecule has 1 aliphatic carbocycles. The summed E-state index contributed by atoms with van der Waals surface area (Å²) in [6.45, 7) is 0.816. The maximum absolute atomic E-state index is 11.7. The minimum absolute atomic E-state index is 0.175. The van der Waals surface area contributed by atoms with E-state index in [1.165, 1.54) is 6.20 Å². The fourth-order valence-electron chi connectivity index (χ4n) is 3.13. The van der Waals surface area contributed by atoms with Crippen LogP contribution in [0.5, 0.6) is 0 Å². The van der Waals surface area contributed by atoms with E-state index in [1.54, 1.807) is 18.3 Å². The molecule has 2 heterocycles. The van der Waals surface area contributed by atoms with Crippen molar-refractivity contribution in [3.63, 3.8) is 0 Å². The average molecular weight is 373 g/mol. The summed E-state index contributed by atoms with van der Waals surface area (Å²) in [6, 6.07) is 3.66. The molecule has 1 saturated carbocycles. The molecule has 0 aromatic carbocycles. The van der Waals surface area contributed by atoms with Gasteiger partial charge in [0.1, 0.15) is 6.20 Å². The van der Waals surface area contributed by atoms with E-state index in [9.17, 15) is 14.9 Å². The molecule has 144 valence electrons. The van der Waals surface area contributed by atoms with Crippen molar-refractivity contribution in [2.24, 2.45) is 11.7 Å². The summed E-state index contributed by atoms with van der Waals surface area (Å²) in [5, 5.41) is 17.3. The molecule has 10 heteroatoms. The topological polar surface area (TPSA) is 152 Å². The van der Waals surface area contributed by atoms with Crippen LogP contribution < -0.4 is 21.9 Å². The first-order valence-electron chi connectivity index (χ1n) is 8.94. The highest BCUT2D eigenvalue weighted by Crippen LogP contribution is 2.26. The van der Waals surface area contributed by atoms with Crippen molar-refractivity contribution in [3.05, 3.63) is 50.6 Å². The lowest BCUT2D eigenvalue weighted by molar-refractivity contribution is -0.384. The van der Waals surface area contributed by atoms with Gasteiger partial charge in [-0.15, -0.1) is 0 Å². The predicted molar refractivity (Wildman–Crippen MR) is 101 cm³/mol. The number of H-pyrrole nitrogens is 1. The van der Waals surface area contributed by atoms with Crippen molar-refractivity contribution in [2.45, 2.75) is 38.3 Å². The molecule has 0 saturated heterocycles. The van der Waals surface area contributed by atoms with Gasteiger partial charge in [0.25, 0.3) is 5.56 Å². The van der Waals surface area contributed by atoms with E-state index in [-0.39, 0.29) is 35.6 Å². The zero-order valence-electron chi connectivity index (χ0n) is 14.9. The maximum Gasteiger partial charge on any atom is 0.329 e. The van der Waals surface area contributed by atoms with Crippen LogP contribution in [0.15, 0.2) is 29.3 Å². The molecule has 2 aromatic rings. The van der Waals surface area contributed by atoms with Gasteiger partial charge in [-0.05, 0) is 37.7 Å². The van der Waals surface area contributed by atoms with Crippen molar-refractivity contribution >= 4 is 17.5 Å². The van der Waals surface area contributed by atoms with Gasteiger partial charge in [-0.1, -0.05) is 6.07 Å². The van der Waals surface area contributed by atoms with Crippen LogP contribution in [0.1, 0.15) is 31.2 Å². The third-order valence-corrected chi connectivity index (χ3v) is 4.75. The highest BCUT2D eigenvalue weighted by Gasteiger charge is 2.21. The number of rotatable bonds is 7. The Hall–Kier alpha value is -3.01. The number of nitrogens with two attached hydrogens (primary N) is 1. The van der Waals surface area contributed by atoms with E-state index < -0.39 is 4.92 Å². The zero-order valence-corrected chi connectivity index (χ0v) is 14.9. The standard InChI is InChI=1S/C17H23N7O3/c18-13-5-3-11(4-6-13)8-20-15-14(24(26)27)10-22-17(23-15)21-9-12-2-1-7-19-16(12)25/h1-2,7,10-11,13H,3-6,8-9,18H2,(H,19,25)(H2,20,21,22,23). The Bertz CT molecular complexity index is 846. The molecule has 0 bridgehead atoms. The lowest BCUT2D eigenvalue weighted by Crippen LogP contribution is -2.29. The van der Waals surface area contributed by atoms with Crippen LogP contribution in [-0.2, 0) is 6.54 Å². The lowest BCUT2D eigenvalue weighted by Gasteiger charge is -2.26. The van der Waals surface area contributed by atoms with Crippen LogP contribution in [0.25, 0.3) is 0 Å². The first kappa shape index (κ1) is 18.8. The number of nitrogens with one attached hydrogen (secondary N) is 3. The van der Waals surface area contributed by atoms with Gasteiger partial charge in [0.2, 0.25) is 11.8 Å². The number of nitro groups is 1. The lowest BCUT2D eigenvalue weighted by atomic mass is 9.86. The molecule has 0 atom stereocenters. The number of pyridine rings is 1.